The Morgan fingerprint density at radius 3 is 2.94 bits per heavy atom. The molecule has 1 amide bonds. The lowest BCUT2D eigenvalue weighted by Gasteiger charge is -2.39. The number of carbonyl (C=O) groups is 2. The summed E-state index contributed by atoms with van der Waals surface area (Å²) in [6.45, 7) is 1.66. The highest BCUT2D eigenvalue weighted by atomic mass is 16.5. The number of methoxy groups -OCH3 is 1. The monoisotopic (exact) mass is 254 g/mol. The minimum atomic E-state index is -0.153. The number of hydrogen-bond acceptors (Lipinski definition) is 4. The van der Waals surface area contributed by atoms with Gasteiger partial charge in [0.05, 0.1) is 7.11 Å². The zero-order chi connectivity index (χ0) is 13.0. The Kier molecular flexibility index (Phi) is 4.58. The first kappa shape index (κ1) is 13.3. The summed E-state index contributed by atoms with van der Waals surface area (Å²) in [5.74, 6) is -0.0500. The zero-order valence-electron chi connectivity index (χ0n) is 11.0. The fourth-order valence-corrected chi connectivity index (χ4v) is 3.02. The maximum Gasteiger partial charge on any atom is 0.323 e. The van der Waals surface area contributed by atoms with Gasteiger partial charge in [-0.15, -0.1) is 0 Å². The molecule has 2 heterocycles. The first-order valence-electron chi connectivity index (χ1n) is 6.82. The maximum absolute atomic E-state index is 11.8. The standard InChI is InChI=1S/C13H22N2O3/c1-18-13(17)11-6-2-3-8-15(11)10-5-4-7-14-12(16)9-10/h10-11H,2-9H2,1H3,(H,14,16). The van der Waals surface area contributed by atoms with Crippen LogP contribution in [-0.4, -0.2) is 49.1 Å². The molecule has 2 unspecified atom stereocenters. The molecule has 0 radical (unpaired) electrons. The van der Waals surface area contributed by atoms with Crippen molar-refractivity contribution in [2.75, 3.05) is 20.2 Å². The first-order chi connectivity index (χ1) is 8.72. The van der Waals surface area contributed by atoms with E-state index in [0.29, 0.717) is 6.42 Å². The van der Waals surface area contributed by atoms with Crippen LogP contribution in [-0.2, 0) is 14.3 Å². The van der Waals surface area contributed by atoms with Crippen LogP contribution >= 0.6 is 0 Å². The molecule has 2 rings (SSSR count). The Balaban J connectivity index is 2.07. The van der Waals surface area contributed by atoms with Gasteiger partial charge in [0.15, 0.2) is 0 Å². The van der Waals surface area contributed by atoms with Crippen LogP contribution < -0.4 is 5.32 Å². The lowest BCUT2D eigenvalue weighted by Crippen LogP contribution is -2.51. The molecule has 1 N–H and O–H groups in total. The van der Waals surface area contributed by atoms with Gasteiger partial charge in [0.1, 0.15) is 6.04 Å². The van der Waals surface area contributed by atoms with Crippen LogP contribution in [0.25, 0.3) is 0 Å². The summed E-state index contributed by atoms with van der Waals surface area (Å²) in [4.78, 5) is 25.6. The molecule has 0 aliphatic carbocycles. The van der Waals surface area contributed by atoms with Crippen molar-refractivity contribution < 1.29 is 14.3 Å². The smallest absolute Gasteiger partial charge is 0.323 e. The maximum atomic E-state index is 11.8. The molecule has 2 saturated heterocycles. The zero-order valence-corrected chi connectivity index (χ0v) is 11.0. The van der Waals surface area contributed by atoms with Gasteiger partial charge in [-0.25, -0.2) is 0 Å². The molecule has 18 heavy (non-hydrogen) atoms. The summed E-state index contributed by atoms with van der Waals surface area (Å²) < 4.78 is 4.89. The molecule has 5 heteroatoms. The summed E-state index contributed by atoms with van der Waals surface area (Å²) in [6, 6.07) is 0.0385. The Hall–Kier alpha value is -1.10. The van der Waals surface area contributed by atoms with Crippen molar-refractivity contribution in [2.24, 2.45) is 0 Å². The van der Waals surface area contributed by atoms with Gasteiger partial charge in [0.2, 0.25) is 5.91 Å². The number of nitrogens with zero attached hydrogens (tertiary/aromatic N) is 1. The van der Waals surface area contributed by atoms with Gasteiger partial charge < -0.3 is 10.1 Å². The van der Waals surface area contributed by atoms with Gasteiger partial charge in [-0.2, -0.15) is 0 Å². The molecule has 2 aliphatic heterocycles. The Morgan fingerprint density at radius 1 is 1.33 bits per heavy atom. The van der Waals surface area contributed by atoms with E-state index in [4.69, 9.17) is 4.74 Å². The van der Waals surface area contributed by atoms with E-state index in [1.165, 1.54) is 7.11 Å². The van der Waals surface area contributed by atoms with E-state index in [0.717, 1.165) is 45.2 Å². The third-order valence-corrected chi connectivity index (χ3v) is 3.94. The van der Waals surface area contributed by atoms with E-state index in [-0.39, 0.29) is 24.0 Å². The van der Waals surface area contributed by atoms with Crippen molar-refractivity contribution in [2.45, 2.75) is 50.6 Å². The van der Waals surface area contributed by atoms with E-state index in [1.54, 1.807) is 0 Å². The molecule has 2 atom stereocenters. The van der Waals surface area contributed by atoms with Gasteiger partial charge in [-0.05, 0) is 32.2 Å². The third kappa shape index (κ3) is 3.02. The normalized spacial score (nSPS) is 30.4. The minimum absolute atomic E-state index is 0.103. The van der Waals surface area contributed by atoms with Gasteiger partial charge in [0.25, 0.3) is 0 Å². The number of ether oxygens (including phenoxy) is 1. The molecule has 0 aromatic carbocycles. The largest absolute Gasteiger partial charge is 0.468 e. The molecule has 0 aromatic rings. The van der Waals surface area contributed by atoms with Gasteiger partial charge in [-0.3, -0.25) is 14.5 Å². The third-order valence-electron chi connectivity index (χ3n) is 3.94. The van der Waals surface area contributed by atoms with Crippen LogP contribution in [0.1, 0.15) is 38.5 Å². The second-order valence-electron chi connectivity index (χ2n) is 5.12. The number of esters is 1. The molecule has 0 saturated carbocycles. The first-order valence-corrected chi connectivity index (χ1v) is 6.82. The van der Waals surface area contributed by atoms with Crippen LogP contribution in [0.2, 0.25) is 0 Å². The van der Waals surface area contributed by atoms with Crippen LogP contribution in [0.4, 0.5) is 0 Å². The number of nitrogens with one attached hydrogen (secondary N) is 1. The number of amides is 1. The average molecular weight is 254 g/mol. The SMILES string of the molecule is COC(=O)C1CCCCN1C1CCCNC(=O)C1. The van der Waals surface area contributed by atoms with Crippen molar-refractivity contribution in [3.05, 3.63) is 0 Å². The summed E-state index contributed by atoms with van der Waals surface area (Å²) in [5, 5.41) is 2.89. The predicted octanol–water partition coefficient (Wildman–Crippen LogP) is 0.683. The predicted molar refractivity (Wildman–Crippen MR) is 67.0 cm³/mol. The van der Waals surface area contributed by atoms with E-state index in [2.05, 4.69) is 10.2 Å². The minimum Gasteiger partial charge on any atom is -0.468 e. The second kappa shape index (κ2) is 6.18. The quantitative estimate of drug-likeness (QED) is 0.736. The molecule has 2 aliphatic rings. The van der Waals surface area contributed by atoms with Gasteiger partial charge >= 0.3 is 5.97 Å². The van der Waals surface area contributed by atoms with Crippen molar-refractivity contribution in [3.8, 4) is 0 Å². The molecule has 102 valence electrons. The summed E-state index contributed by atoms with van der Waals surface area (Å²) in [7, 11) is 1.44. The van der Waals surface area contributed by atoms with Crippen LogP contribution in [0.15, 0.2) is 0 Å². The molecular formula is C13H22N2O3. The number of likely N-dealkylation sites (tertiary alicyclic amines) is 1. The molecule has 0 aromatic heterocycles. The van der Waals surface area contributed by atoms with Crippen LogP contribution in [0, 0.1) is 0 Å². The van der Waals surface area contributed by atoms with Gasteiger partial charge in [-0.1, -0.05) is 6.42 Å². The van der Waals surface area contributed by atoms with Crippen molar-refractivity contribution in [1.29, 1.82) is 0 Å². The van der Waals surface area contributed by atoms with E-state index >= 15 is 0 Å². The fourth-order valence-electron chi connectivity index (χ4n) is 3.02. The molecule has 0 spiro atoms. The molecule has 5 nitrogen and oxygen atoms in total. The lowest BCUT2D eigenvalue weighted by molar-refractivity contribution is -0.150. The van der Waals surface area contributed by atoms with Gasteiger partial charge in [0, 0.05) is 19.0 Å². The molecule has 0 bridgehead atoms. The van der Waals surface area contributed by atoms with Crippen molar-refractivity contribution >= 4 is 11.9 Å². The Labute approximate surface area is 108 Å². The summed E-state index contributed by atoms with van der Waals surface area (Å²) >= 11 is 0. The molecular weight excluding hydrogens is 232 g/mol. The summed E-state index contributed by atoms with van der Waals surface area (Å²) in [5.41, 5.74) is 0. The number of piperidine rings is 1. The highest BCUT2D eigenvalue weighted by molar-refractivity contribution is 5.78. The van der Waals surface area contributed by atoms with Crippen molar-refractivity contribution in [3.63, 3.8) is 0 Å². The number of rotatable bonds is 2. The average Bonchev–Trinajstić information content (AvgIpc) is 2.62. The number of hydrogen-bond donors (Lipinski definition) is 1. The Bertz CT molecular complexity index is 319. The van der Waals surface area contributed by atoms with E-state index in [1.807, 2.05) is 0 Å². The lowest BCUT2D eigenvalue weighted by atomic mass is 9.96. The second-order valence-corrected chi connectivity index (χ2v) is 5.12. The van der Waals surface area contributed by atoms with Crippen LogP contribution in [0.3, 0.4) is 0 Å². The topological polar surface area (TPSA) is 58.6 Å². The van der Waals surface area contributed by atoms with E-state index in [9.17, 15) is 9.59 Å². The fraction of sp³-hybridized carbons (Fsp3) is 0.846. The highest BCUT2D eigenvalue weighted by Crippen LogP contribution is 2.25. The van der Waals surface area contributed by atoms with Crippen LogP contribution in [0.5, 0.6) is 0 Å². The molecule has 2 fully saturated rings. The van der Waals surface area contributed by atoms with E-state index < -0.39 is 0 Å². The Morgan fingerprint density at radius 2 is 2.17 bits per heavy atom. The summed E-state index contributed by atoms with van der Waals surface area (Å²) in [6.07, 6.45) is 5.49. The number of carbonyl (C=O) groups excluding carboxylic acids is 2. The highest BCUT2D eigenvalue weighted by Gasteiger charge is 2.35. The van der Waals surface area contributed by atoms with Crippen molar-refractivity contribution in [1.82, 2.24) is 10.2 Å².